The molecule has 1 unspecified atom stereocenters. The minimum absolute atomic E-state index is 0.203. The largest absolute Gasteiger partial charge is 0.496 e. The molecule has 0 radical (unpaired) electrons. The van der Waals surface area contributed by atoms with E-state index in [0.717, 1.165) is 10.5 Å². The third-order valence-corrected chi connectivity index (χ3v) is 7.77. The summed E-state index contributed by atoms with van der Waals surface area (Å²) in [6, 6.07) is 17.6. The molecule has 196 valence electrons. The van der Waals surface area contributed by atoms with Crippen LogP contribution in [0.2, 0.25) is 10.0 Å². The molecule has 0 bridgehead atoms. The number of thiazole rings is 1. The van der Waals surface area contributed by atoms with Gasteiger partial charge < -0.3 is 20.1 Å². The molecule has 2 amide bonds. The van der Waals surface area contributed by atoms with Crippen molar-refractivity contribution in [2.45, 2.75) is 17.1 Å². The molecule has 1 atom stereocenters. The van der Waals surface area contributed by atoms with E-state index in [9.17, 15) is 9.59 Å². The zero-order chi connectivity index (χ0) is 27.2. The number of carbonyl (C=O) groups excluding carboxylic acids is 2. The highest BCUT2D eigenvalue weighted by atomic mass is 35.5. The predicted molar refractivity (Wildman–Crippen MR) is 155 cm³/mol. The predicted octanol–water partition coefficient (Wildman–Crippen LogP) is 7.51. The molecule has 0 aliphatic heterocycles. The Bertz CT molecular complexity index is 1460. The summed E-state index contributed by atoms with van der Waals surface area (Å²) in [6.45, 7) is 1.80. The Balaban J connectivity index is 1.40. The van der Waals surface area contributed by atoms with Crippen molar-refractivity contribution >= 4 is 68.9 Å². The van der Waals surface area contributed by atoms with E-state index in [1.165, 1.54) is 37.3 Å². The van der Waals surface area contributed by atoms with Crippen LogP contribution in [-0.4, -0.2) is 36.3 Å². The lowest BCUT2D eigenvalue weighted by molar-refractivity contribution is -0.115. The van der Waals surface area contributed by atoms with Gasteiger partial charge in [0.15, 0.2) is 5.13 Å². The van der Waals surface area contributed by atoms with Crippen molar-refractivity contribution in [2.24, 2.45) is 0 Å². The molecule has 0 fully saturated rings. The van der Waals surface area contributed by atoms with Crippen molar-refractivity contribution in [2.75, 3.05) is 24.9 Å². The summed E-state index contributed by atoms with van der Waals surface area (Å²) >= 11 is 14.9. The van der Waals surface area contributed by atoms with Gasteiger partial charge in [-0.2, -0.15) is 0 Å². The second kappa shape index (κ2) is 12.5. The van der Waals surface area contributed by atoms with Gasteiger partial charge in [-0.05, 0) is 55.5 Å². The van der Waals surface area contributed by atoms with Crippen molar-refractivity contribution in [1.29, 1.82) is 0 Å². The molecule has 3 aromatic carbocycles. The maximum atomic E-state index is 13.0. The molecule has 4 aromatic rings. The molecule has 11 heteroatoms. The van der Waals surface area contributed by atoms with Crippen LogP contribution < -0.4 is 20.1 Å². The lowest BCUT2D eigenvalue weighted by atomic mass is 10.1. The first kappa shape index (κ1) is 27.8. The summed E-state index contributed by atoms with van der Waals surface area (Å²) in [5, 5.41) is 8.62. The third kappa shape index (κ3) is 6.60. The first-order valence-corrected chi connectivity index (χ1v) is 13.8. The molecule has 0 spiro atoms. The van der Waals surface area contributed by atoms with Crippen LogP contribution in [0.3, 0.4) is 0 Å². The van der Waals surface area contributed by atoms with Gasteiger partial charge in [-0.3, -0.25) is 9.59 Å². The van der Waals surface area contributed by atoms with Crippen LogP contribution in [0.15, 0.2) is 70.9 Å². The Morgan fingerprint density at radius 2 is 1.68 bits per heavy atom. The Morgan fingerprint density at radius 1 is 0.974 bits per heavy atom. The number of carbonyl (C=O) groups is 2. The second-order valence-corrected chi connectivity index (χ2v) is 11.0. The number of benzene rings is 3. The number of nitrogens with zero attached hydrogens (tertiary/aromatic N) is 1. The smallest absolute Gasteiger partial charge is 0.263 e. The normalized spacial score (nSPS) is 11.5. The van der Waals surface area contributed by atoms with Crippen LogP contribution >= 0.6 is 46.3 Å². The second-order valence-electron chi connectivity index (χ2n) is 7.93. The van der Waals surface area contributed by atoms with E-state index in [-0.39, 0.29) is 11.8 Å². The minimum Gasteiger partial charge on any atom is -0.496 e. The van der Waals surface area contributed by atoms with Crippen LogP contribution in [0.4, 0.5) is 10.8 Å². The zero-order valence-electron chi connectivity index (χ0n) is 20.6. The molecule has 0 aliphatic rings. The van der Waals surface area contributed by atoms with Gasteiger partial charge in [-0.25, -0.2) is 4.98 Å². The van der Waals surface area contributed by atoms with E-state index < -0.39 is 5.25 Å². The van der Waals surface area contributed by atoms with Crippen LogP contribution in [0.5, 0.6) is 11.5 Å². The highest BCUT2D eigenvalue weighted by Gasteiger charge is 2.20. The van der Waals surface area contributed by atoms with Gasteiger partial charge >= 0.3 is 0 Å². The van der Waals surface area contributed by atoms with E-state index in [2.05, 4.69) is 15.6 Å². The van der Waals surface area contributed by atoms with Crippen molar-refractivity contribution in [3.63, 3.8) is 0 Å². The maximum Gasteiger partial charge on any atom is 0.263 e. The minimum atomic E-state index is -0.429. The topological polar surface area (TPSA) is 89.5 Å². The fourth-order valence-corrected chi connectivity index (χ4v) is 5.68. The lowest BCUT2D eigenvalue weighted by Crippen LogP contribution is -2.22. The van der Waals surface area contributed by atoms with Gasteiger partial charge in [0.1, 0.15) is 17.1 Å². The van der Waals surface area contributed by atoms with Gasteiger partial charge in [-0.15, -0.1) is 23.1 Å². The maximum absolute atomic E-state index is 13.0. The van der Waals surface area contributed by atoms with E-state index in [1.54, 1.807) is 55.5 Å². The van der Waals surface area contributed by atoms with Gasteiger partial charge in [0.25, 0.3) is 5.91 Å². The first-order valence-electron chi connectivity index (χ1n) is 11.3. The number of anilines is 2. The summed E-state index contributed by atoms with van der Waals surface area (Å²) in [6.07, 6.45) is 0. The van der Waals surface area contributed by atoms with Crippen LogP contribution in [-0.2, 0) is 4.79 Å². The number of thioether (sulfide) groups is 1. The Hall–Kier alpha value is -3.24. The zero-order valence-corrected chi connectivity index (χ0v) is 23.7. The van der Waals surface area contributed by atoms with Gasteiger partial charge in [0, 0.05) is 26.5 Å². The highest BCUT2D eigenvalue weighted by Crippen LogP contribution is 2.34. The number of methoxy groups -OCH3 is 2. The monoisotopic (exact) mass is 587 g/mol. The number of hydrogen-bond donors (Lipinski definition) is 2. The molecule has 1 heterocycles. The summed E-state index contributed by atoms with van der Waals surface area (Å²) in [4.78, 5) is 31.2. The molecule has 7 nitrogen and oxygen atoms in total. The molecule has 38 heavy (non-hydrogen) atoms. The van der Waals surface area contributed by atoms with E-state index in [0.29, 0.717) is 43.6 Å². The van der Waals surface area contributed by atoms with Crippen molar-refractivity contribution in [1.82, 2.24) is 4.98 Å². The fourth-order valence-electron chi connectivity index (χ4n) is 3.53. The van der Waals surface area contributed by atoms with Crippen LogP contribution in [0.25, 0.3) is 11.3 Å². The van der Waals surface area contributed by atoms with Crippen molar-refractivity contribution < 1.29 is 19.1 Å². The Kier molecular flexibility index (Phi) is 9.17. The molecular weight excluding hydrogens is 565 g/mol. The Morgan fingerprint density at radius 3 is 2.37 bits per heavy atom. The van der Waals surface area contributed by atoms with Gasteiger partial charge in [-0.1, -0.05) is 35.3 Å². The van der Waals surface area contributed by atoms with Crippen LogP contribution in [0.1, 0.15) is 17.3 Å². The first-order chi connectivity index (χ1) is 18.3. The quantitative estimate of drug-likeness (QED) is 0.197. The van der Waals surface area contributed by atoms with Gasteiger partial charge in [0.05, 0.1) is 30.2 Å². The molecule has 2 N–H and O–H groups in total. The van der Waals surface area contributed by atoms with Crippen molar-refractivity contribution in [3.05, 3.63) is 81.7 Å². The summed E-state index contributed by atoms with van der Waals surface area (Å²) in [7, 11) is 2.99. The fraction of sp³-hybridized carbons (Fsp3) is 0.148. The van der Waals surface area contributed by atoms with Gasteiger partial charge in [0.2, 0.25) is 5.91 Å². The van der Waals surface area contributed by atoms with E-state index in [4.69, 9.17) is 32.7 Å². The number of nitrogens with one attached hydrogen (secondary N) is 2. The number of halogens is 2. The highest BCUT2D eigenvalue weighted by molar-refractivity contribution is 8.00. The number of hydrogen-bond acceptors (Lipinski definition) is 7. The van der Waals surface area contributed by atoms with E-state index in [1.807, 2.05) is 17.5 Å². The standard InChI is InChI=1S/C27H23Cl2N3O4S2/c1-15(25(33)32-27-31-21(14-37-27)19-11-10-16(28)12-20(19)29)38-18-7-4-6-17(13-18)30-26(34)24-22(35-2)8-5-9-23(24)36-3/h4-15H,1-3H3,(H,30,34)(H,31,32,33). The lowest BCUT2D eigenvalue weighted by Gasteiger charge is -2.14. The average molecular weight is 589 g/mol. The number of aromatic nitrogens is 1. The molecule has 4 rings (SSSR count). The molecule has 0 saturated heterocycles. The molecular formula is C27H23Cl2N3O4S2. The van der Waals surface area contributed by atoms with Crippen LogP contribution in [0, 0.1) is 0 Å². The SMILES string of the molecule is COc1cccc(OC)c1C(=O)Nc1cccc(SC(C)C(=O)Nc2nc(-c3ccc(Cl)cc3Cl)cs2)c1. The Labute approximate surface area is 238 Å². The molecule has 1 aromatic heterocycles. The number of rotatable bonds is 9. The van der Waals surface area contributed by atoms with Crippen molar-refractivity contribution in [3.8, 4) is 22.8 Å². The third-order valence-electron chi connectivity index (χ3n) is 5.37. The summed E-state index contributed by atoms with van der Waals surface area (Å²) in [5.74, 6) is 0.238. The average Bonchev–Trinajstić information content (AvgIpc) is 3.36. The molecule has 0 saturated carbocycles. The number of amides is 2. The number of ether oxygens (including phenoxy) is 2. The molecule has 0 aliphatic carbocycles. The summed E-state index contributed by atoms with van der Waals surface area (Å²) < 4.78 is 10.7. The summed E-state index contributed by atoms with van der Waals surface area (Å²) in [5.41, 5.74) is 2.26. The van der Waals surface area contributed by atoms with E-state index >= 15 is 0 Å².